The van der Waals surface area contributed by atoms with Gasteiger partial charge in [0.2, 0.25) is 5.91 Å². The lowest BCUT2D eigenvalue weighted by molar-refractivity contribution is -0.111. The van der Waals surface area contributed by atoms with Crippen LogP contribution < -0.4 is 15.8 Å². The molecule has 29 heavy (non-hydrogen) atoms. The number of halogens is 1. The molecule has 3 aromatic rings. The average Bonchev–Trinajstić information content (AvgIpc) is 2.99. The van der Waals surface area contributed by atoms with E-state index in [4.69, 9.17) is 9.15 Å². The summed E-state index contributed by atoms with van der Waals surface area (Å²) >= 11 is 3.41. The van der Waals surface area contributed by atoms with Crippen LogP contribution in [0, 0.1) is 0 Å². The number of aromatic nitrogens is 1. The molecule has 0 aliphatic rings. The Morgan fingerprint density at radius 1 is 1.28 bits per heavy atom. The number of hydrogen-bond acceptors (Lipinski definition) is 5. The molecule has 0 aliphatic carbocycles. The van der Waals surface area contributed by atoms with E-state index in [1.165, 1.54) is 6.08 Å². The molecule has 1 aromatic heterocycles. The van der Waals surface area contributed by atoms with Crippen LogP contribution in [-0.2, 0) is 11.3 Å². The Labute approximate surface area is 176 Å². The summed E-state index contributed by atoms with van der Waals surface area (Å²) in [6.07, 6.45) is 3.12. The van der Waals surface area contributed by atoms with Crippen molar-refractivity contribution < 1.29 is 13.9 Å². The molecule has 2 aromatic carbocycles. The molecular weight excluding hydrogens is 438 g/mol. The number of methoxy groups -OCH3 is 1. The minimum Gasteiger partial charge on any atom is -0.496 e. The molecule has 0 fully saturated rings. The smallest absolute Gasteiger partial charge is 0.419 e. The van der Waals surface area contributed by atoms with Gasteiger partial charge < -0.3 is 19.4 Å². The zero-order valence-corrected chi connectivity index (χ0v) is 18.0. The van der Waals surface area contributed by atoms with E-state index < -0.39 is 5.76 Å². The number of hydrogen-bond donors (Lipinski definition) is 1. The zero-order chi connectivity index (χ0) is 21.0. The van der Waals surface area contributed by atoms with Crippen LogP contribution in [0.15, 0.2) is 56.2 Å². The molecule has 0 atom stereocenters. The first-order valence-corrected chi connectivity index (χ1v) is 9.77. The highest BCUT2D eigenvalue weighted by Crippen LogP contribution is 2.24. The fraction of sp³-hybridized carbons (Fsp3) is 0.238. The number of amides is 1. The van der Waals surface area contributed by atoms with Gasteiger partial charge >= 0.3 is 5.76 Å². The Bertz CT molecular complexity index is 1110. The highest BCUT2D eigenvalue weighted by molar-refractivity contribution is 9.10. The molecule has 1 N–H and O–H groups in total. The van der Waals surface area contributed by atoms with Crippen LogP contribution >= 0.6 is 15.9 Å². The highest BCUT2D eigenvalue weighted by atomic mass is 79.9. The second-order valence-electron chi connectivity index (χ2n) is 6.71. The minimum atomic E-state index is -0.410. The van der Waals surface area contributed by atoms with Gasteiger partial charge in [0.05, 0.1) is 12.6 Å². The monoisotopic (exact) mass is 459 g/mol. The van der Waals surface area contributed by atoms with Gasteiger partial charge in [-0.3, -0.25) is 9.36 Å². The van der Waals surface area contributed by atoms with Gasteiger partial charge in [-0.1, -0.05) is 15.9 Å². The zero-order valence-electron chi connectivity index (χ0n) is 16.4. The molecule has 3 rings (SSSR count). The third-order valence-electron chi connectivity index (χ3n) is 4.31. The summed E-state index contributed by atoms with van der Waals surface area (Å²) in [6, 6.07) is 10.7. The lowest BCUT2D eigenvalue weighted by Crippen LogP contribution is -2.23. The van der Waals surface area contributed by atoms with E-state index in [-0.39, 0.29) is 5.91 Å². The maximum atomic E-state index is 12.4. The molecule has 0 saturated carbocycles. The number of likely N-dealkylation sites (N-methyl/N-ethyl adjacent to an activating group) is 1. The molecule has 0 unspecified atom stereocenters. The molecule has 1 heterocycles. The summed E-state index contributed by atoms with van der Waals surface area (Å²) in [6.45, 7) is 1.20. The van der Waals surface area contributed by atoms with Gasteiger partial charge in [0.15, 0.2) is 5.58 Å². The van der Waals surface area contributed by atoms with Crippen molar-refractivity contribution in [2.75, 3.05) is 33.1 Å². The van der Waals surface area contributed by atoms with Crippen molar-refractivity contribution in [2.45, 2.75) is 6.54 Å². The molecule has 8 heteroatoms. The van der Waals surface area contributed by atoms with Gasteiger partial charge in [0.25, 0.3) is 0 Å². The quantitative estimate of drug-likeness (QED) is 0.546. The van der Waals surface area contributed by atoms with Crippen molar-refractivity contribution in [3.05, 3.63) is 63.1 Å². The maximum absolute atomic E-state index is 12.4. The number of nitrogens with zero attached hydrogens (tertiary/aromatic N) is 2. The predicted molar refractivity (Wildman–Crippen MR) is 117 cm³/mol. The van der Waals surface area contributed by atoms with E-state index >= 15 is 0 Å². The molecule has 7 nitrogen and oxygen atoms in total. The Balaban J connectivity index is 1.79. The molecule has 0 radical (unpaired) electrons. The second-order valence-corrected chi connectivity index (χ2v) is 7.63. The Hall–Kier alpha value is -2.84. The van der Waals surface area contributed by atoms with Crippen molar-refractivity contribution in [3.63, 3.8) is 0 Å². The number of fused-ring (bicyclic) bond motifs is 1. The summed E-state index contributed by atoms with van der Waals surface area (Å²) in [5.74, 6) is -0.0361. The highest BCUT2D eigenvalue weighted by Gasteiger charge is 2.11. The largest absolute Gasteiger partial charge is 0.496 e. The normalized spacial score (nSPS) is 11.5. The van der Waals surface area contributed by atoms with Crippen LogP contribution in [0.1, 0.15) is 5.56 Å². The van der Waals surface area contributed by atoms with Crippen LogP contribution in [0.2, 0.25) is 0 Å². The fourth-order valence-electron chi connectivity index (χ4n) is 2.84. The van der Waals surface area contributed by atoms with E-state index in [0.717, 1.165) is 10.0 Å². The summed E-state index contributed by atoms with van der Waals surface area (Å²) in [5.41, 5.74) is 2.49. The third kappa shape index (κ3) is 5.16. The van der Waals surface area contributed by atoms with E-state index in [2.05, 4.69) is 21.2 Å². The Morgan fingerprint density at radius 3 is 2.79 bits per heavy atom. The van der Waals surface area contributed by atoms with Gasteiger partial charge in [-0.25, -0.2) is 4.79 Å². The van der Waals surface area contributed by atoms with Gasteiger partial charge in [-0.05, 0) is 56.6 Å². The van der Waals surface area contributed by atoms with Crippen LogP contribution in [0.25, 0.3) is 17.2 Å². The van der Waals surface area contributed by atoms with E-state index in [1.807, 2.05) is 37.2 Å². The number of benzene rings is 2. The summed E-state index contributed by atoms with van der Waals surface area (Å²) < 4.78 is 13.0. The number of anilines is 1. The molecule has 0 saturated heterocycles. The molecule has 0 spiro atoms. The molecule has 0 aliphatic heterocycles. The Kier molecular flexibility index (Phi) is 6.56. The van der Waals surface area contributed by atoms with E-state index in [9.17, 15) is 9.59 Å². The summed E-state index contributed by atoms with van der Waals surface area (Å²) in [5, 5.41) is 2.81. The SMILES string of the molecule is COc1ccc(Br)cc1/C=C/C(=O)Nc1ccc2oc(=O)n(CCN(C)C)c2c1. The first-order chi connectivity index (χ1) is 13.9. The van der Waals surface area contributed by atoms with Crippen molar-refractivity contribution in [3.8, 4) is 5.75 Å². The van der Waals surface area contributed by atoms with Gasteiger partial charge in [-0.15, -0.1) is 0 Å². The number of nitrogens with one attached hydrogen (secondary N) is 1. The van der Waals surface area contributed by atoms with Crippen molar-refractivity contribution in [1.82, 2.24) is 9.47 Å². The van der Waals surface area contributed by atoms with Gasteiger partial charge in [0, 0.05) is 34.9 Å². The summed E-state index contributed by atoms with van der Waals surface area (Å²) in [7, 11) is 5.45. The second kappa shape index (κ2) is 9.11. The average molecular weight is 460 g/mol. The summed E-state index contributed by atoms with van der Waals surface area (Å²) in [4.78, 5) is 26.4. The van der Waals surface area contributed by atoms with Crippen molar-refractivity contribution in [2.24, 2.45) is 0 Å². The van der Waals surface area contributed by atoms with Crippen LogP contribution in [0.4, 0.5) is 5.69 Å². The first-order valence-electron chi connectivity index (χ1n) is 8.98. The number of carbonyl (C=O) groups is 1. The minimum absolute atomic E-state index is 0.294. The predicted octanol–water partition coefficient (Wildman–Crippen LogP) is 3.58. The molecule has 1 amide bonds. The maximum Gasteiger partial charge on any atom is 0.419 e. The number of oxazole rings is 1. The van der Waals surface area contributed by atoms with Gasteiger partial charge in [-0.2, -0.15) is 0 Å². The standard InChI is InChI=1S/C21H22BrN3O4/c1-24(2)10-11-25-17-13-16(6-8-19(17)29-21(25)27)23-20(26)9-4-14-12-15(22)5-7-18(14)28-3/h4-9,12-13H,10-11H2,1-3H3,(H,23,26)/b9-4+. The number of carbonyl (C=O) groups excluding carboxylic acids is 1. The fourth-order valence-corrected chi connectivity index (χ4v) is 3.22. The topological polar surface area (TPSA) is 76.7 Å². The van der Waals surface area contributed by atoms with Crippen LogP contribution in [-0.4, -0.2) is 43.1 Å². The number of rotatable bonds is 7. The molecule has 0 bridgehead atoms. The lowest BCUT2D eigenvalue weighted by atomic mass is 10.2. The number of ether oxygens (including phenoxy) is 1. The van der Waals surface area contributed by atoms with Crippen molar-refractivity contribution in [1.29, 1.82) is 0 Å². The first kappa shape index (κ1) is 20.9. The van der Waals surface area contributed by atoms with Crippen molar-refractivity contribution >= 4 is 44.7 Å². The van der Waals surface area contributed by atoms with Crippen LogP contribution in [0.5, 0.6) is 5.75 Å². The lowest BCUT2D eigenvalue weighted by Gasteiger charge is -2.09. The van der Waals surface area contributed by atoms with E-state index in [0.29, 0.717) is 35.6 Å². The van der Waals surface area contributed by atoms with Crippen LogP contribution in [0.3, 0.4) is 0 Å². The molecule has 152 valence electrons. The Morgan fingerprint density at radius 2 is 2.07 bits per heavy atom. The van der Waals surface area contributed by atoms with Gasteiger partial charge in [0.1, 0.15) is 5.75 Å². The third-order valence-corrected chi connectivity index (χ3v) is 4.81. The van der Waals surface area contributed by atoms with E-state index in [1.54, 1.807) is 36.0 Å². The molecular formula is C21H22BrN3O4.